The zero-order chi connectivity index (χ0) is 16.3. The molecule has 120 valence electrons. The molecule has 1 aromatic rings. The standard InChI is InChI=1S/C15H18O7/c1-8-12(18)13(19)14(20)15(21-8)22-11(17)7-4-9-2-5-10(16)6-3-9/h2-8,12-16,18-20H,1H3/t8-,12+,13-,14-,15+/m1/s1. The number of phenolic OH excluding ortho intramolecular Hbond substituents is 1. The minimum atomic E-state index is -1.53. The second-order valence-corrected chi connectivity index (χ2v) is 5.04. The van der Waals surface area contributed by atoms with Crippen molar-refractivity contribution in [2.24, 2.45) is 0 Å². The first-order valence-corrected chi connectivity index (χ1v) is 6.76. The molecular formula is C15H18O7. The fourth-order valence-corrected chi connectivity index (χ4v) is 2.01. The van der Waals surface area contributed by atoms with E-state index in [0.29, 0.717) is 5.56 Å². The maximum absolute atomic E-state index is 11.7. The molecule has 1 heterocycles. The predicted octanol–water partition coefficient (Wildman–Crippen LogP) is -0.224. The Labute approximate surface area is 127 Å². The van der Waals surface area contributed by atoms with Gasteiger partial charge in [0.15, 0.2) is 0 Å². The number of aliphatic hydroxyl groups is 3. The highest BCUT2D eigenvalue weighted by atomic mass is 16.7. The van der Waals surface area contributed by atoms with Crippen LogP contribution in [0.1, 0.15) is 12.5 Å². The van der Waals surface area contributed by atoms with Crippen molar-refractivity contribution in [2.45, 2.75) is 37.6 Å². The zero-order valence-electron chi connectivity index (χ0n) is 11.9. The lowest BCUT2D eigenvalue weighted by Crippen LogP contribution is -2.57. The molecule has 0 bridgehead atoms. The average Bonchev–Trinajstić information content (AvgIpc) is 2.50. The number of hydrogen-bond acceptors (Lipinski definition) is 7. The molecule has 0 amide bonds. The van der Waals surface area contributed by atoms with E-state index < -0.39 is 36.7 Å². The molecule has 0 aromatic heterocycles. The van der Waals surface area contributed by atoms with Crippen LogP contribution in [0.5, 0.6) is 5.75 Å². The molecule has 1 aliphatic heterocycles. The molecule has 0 saturated carbocycles. The third-order valence-electron chi connectivity index (χ3n) is 3.35. The summed E-state index contributed by atoms with van der Waals surface area (Å²) in [7, 11) is 0. The molecular weight excluding hydrogens is 292 g/mol. The summed E-state index contributed by atoms with van der Waals surface area (Å²) in [5.74, 6) is -0.659. The van der Waals surface area contributed by atoms with Crippen LogP contribution in [0.25, 0.3) is 6.08 Å². The van der Waals surface area contributed by atoms with Crippen LogP contribution in [0.3, 0.4) is 0 Å². The molecule has 0 radical (unpaired) electrons. The molecule has 2 rings (SSSR count). The van der Waals surface area contributed by atoms with Crippen molar-refractivity contribution in [3.8, 4) is 5.75 Å². The summed E-state index contributed by atoms with van der Waals surface area (Å²) in [5, 5.41) is 38.0. The van der Waals surface area contributed by atoms with Crippen LogP contribution < -0.4 is 0 Å². The van der Waals surface area contributed by atoms with Gasteiger partial charge in [-0.25, -0.2) is 4.79 Å². The quantitative estimate of drug-likeness (QED) is 0.450. The Morgan fingerprint density at radius 3 is 2.41 bits per heavy atom. The molecule has 0 aliphatic carbocycles. The van der Waals surface area contributed by atoms with Crippen LogP contribution in [-0.2, 0) is 14.3 Å². The van der Waals surface area contributed by atoms with Crippen LogP contribution in [0.2, 0.25) is 0 Å². The monoisotopic (exact) mass is 310 g/mol. The minimum Gasteiger partial charge on any atom is -0.508 e. The Balaban J connectivity index is 1.95. The second-order valence-electron chi connectivity index (χ2n) is 5.04. The smallest absolute Gasteiger partial charge is 0.333 e. The van der Waals surface area contributed by atoms with Crippen molar-refractivity contribution in [2.75, 3.05) is 0 Å². The highest BCUT2D eigenvalue weighted by Crippen LogP contribution is 2.22. The van der Waals surface area contributed by atoms with Crippen molar-refractivity contribution in [3.05, 3.63) is 35.9 Å². The summed E-state index contributed by atoms with van der Waals surface area (Å²) >= 11 is 0. The van der Waals surface area contributed by atoms with Gasteiger partial charge in [-0.2, -0.15) is 0 Å². The second kappa shape index (κ2) is 6.89. The van der Waals surface area contributed by atoms with E-state index in [2.05, 4.69) is 0 Å². The van der Waals surface area contributed by atoms with Gasteiger partial charge >= 0.3 is 5.97 Å². The third-order valence-corrected chi connectivity index (χ3v) is 3.35. The van der Waals surface area contributed by atoms with E-state index in [4.69, 9.17) is 14.6 Å². The summed E-state index contributed by atoms with van der Waals surface area (Å²) in [6, 6.07) is 6.15. The molecule has 4 N–H and O–H groups in total. The van der Waals surface area contributed by atoms with Crippen LogP contribution in [0, 0.1) is 0 Å². The van der Waals surface area contributed by atoms with Gasteiger partial charge in [-0.15, -0.1) is 0 Å². The summed E-state index contributed by atoms with van der Waals surface area (Å²) in [4.78, 5) is 11.7. The van der Waals surface area contributed by atoms with Gasteiger partial charge in [0.25, 0.3) is 0 Å². The Bertz CT molecular complexity index is 539. The van der Waals surface area contributed by atoms with E-state index in [9.17, 15) is 20.1 Å². The maximum Gasteiger partial charge on any atom is 0.333 e. The lowest BCUT2D eigenvalue weighted by Gasteiger charge is -2.38. The molecule has 1 aromatic carbocycles. The van der Waals surface area contributed by atoms with Crippen LogP contribution >= 0.6 is 0 Å². The van der Waals surface area contributed by atoms with Gasteiger partial charge in [0.05, 0.1) is 6.10 Å². The molecule has 5 atom stereocenters. The van der Waals surface area contributed by atoms with Crippen molar-refractivity contribution in [1.29, 1.82) is 0 Å². The Morgan fingerprint density at radius 2 is 1.77 bits per heavy atom. The maximum atomic E-state index is 11.7. The van der Waals surface area contributed by atoms with E-state index in [1.54, 1.807) is 12.1 Å². The summed E-state index contributed by atoms with van der Waals surface area (Å²) < 4.78 is 10.1. The first-order valence-electron chi connectivity index (χ1n) is 6.76. The Hall–Kier alpha value is -1.93. The number of benzene rings is 1. The summed E-state index contributed by atoms with van der Waals surface area (Å²) in [6.07, 6.45) is -3.78. The van der Waals surface area contributed by atoms with E-state index in [1.807, 2.05) is 0 Å². The minimum absolute atomic E-state index is 0.111. The largest absolute Gasteiger partial charge is 0.508 e. The van der Waals surface area contributed by atoms with Crippen molar-refractivity contribution >= 4 is 12.0 Å². The van der Waals surface area contributed by atoms with Crippen LogP contribution in [0.4, 0.5) is 0 Å². The van der Waals surface area contributed by atoms with Crippen LogP contribution in [-0.4, -0.2) is 57.1 Å². The number of phenols is 1. The fourth-order valence-electron chi connectivity index (χ4n) is 2.01. The summed E-state index contributed by atoms with van der Waals surface area (Å²) in [5.41, 5.74) is 0.670. The molecule has 7 nitrogen and oxygen atoms in total. The van der Waals surface area contributed by atoms with E-state index >= 15 is 0 Å². The SMILES string of the molecule is C[C@H]1O[C@@H](OC(=O)C=Cc2ccc(O)cc2)[C@H](O)[C@H](O)[C@H]1O. The molecule has 0 unspecified atom stereocenters. The fraction of sp³-hybridized carbons (Fsp3) is 0.400. The molecule has 1 saturated heterocycles. The lowest BCUT2D eigenvalue weighted by molar-refractivity contribution is -0.283. The van der Waals surface area contributed by atoms with Gasteiger partial charge in [-0.1, -0.05) is 12.1 Å². The van der Waals surface area contributed by atoms with Crippen molar-refractivity contribution in [1.82, 2.24) is 0 Å². The summed E-state index contributed by atoms with van der Waals surface area (Å²) in [6.45, 7) is 1.49. The van der Waals surface area contributed by atoms with E-state index in [0.717, 1.165) is 6.08 Å². The number of esters is 1. The number of carbonyl (C=O) groups excluding carboxylic acids is 1. The molecule has 7 heteroatoms. The normalized spacial score (nSPS) is 32.1. The molecule has 0 spiro atoms. The number of ether oxygens (including phenoxy) is 2. The number of aromatic hydroxyl groups is 1. The van der Waals surface area contributed by atoms with Crippen LogP contribution in [0.15, 0.2) is 30.3 Å². The number of rotatable bonds is 3. The third kappa shape index (κ3) is 3.83. The van der Waals surface area contributed by atoms with Gasteiger partial charge in [-0.3, -0.25) is 0 Å². The van der Waals surface area contributed by atoms with Gasteiger partial charge in [0, 0.05) is 6.08 Å². The lowest BCUT2D eigenvalue weighted by atomic mass is 10.0. The first kappa shape index (κ1) is 16.4. The van der Waals surface area contributed by atoms with Gasteiger partial charge in [0.2, 0.25) is 6.29 Å². The van der Waals surface area contributed by atoms with E-state index in [1.165, 1.54) is 25.1 Å². The Morgan fingerprint density at radius 1 is 1.14 bits per heavy atom. The number of aliphatic hydroxyl groups excluding tert-OH is 3. The average molecular weight is 310 g/mol. The molecule has 1 fully saturated rings. The molecule has 1 aliphatic rings. The number of carbonyl (C=O) groups is 1. The Kier molecular flexibility index (Phi) is 5.15. The van der Waals surface area contributed by atoms with E-state index in [-0.39, 0.29) is 5.75 Å². The topological polar surface area (TPSA) is 116 Å². The first-order chi connectivity index (χ1) is 10.4. The van der Waals surface area contributed by atoms with Crippen molar-refractivity contribution < 1.29 is 34.7 Å². The van der Waals surface area contributed by atoms with Gasteiger partial charge < -0.3 is 29.9 Å². The van der Waals surface area contributed by atoms with Gasteiger partial charge in [-0.05, 0) is 30.7 Å². The van der Waals surface area contributed by atoms with Crippen molar-refractivity contribution in [3.63, 3.8) is 0 Å². The molecule has 22 heavy (non-hydrogen) atoms. The highest BCUT2D eigenvalue weighted by molar-refractivity contribution is 5.87. The highest BCUT2D eigenvalue weighted by Gasteiger charge is 2.43. The zero-order valence-corrected chi connectivity index (χ0v) is 11.9. The number of hydrogen-bond donors (Lipinski definition) is 4. The predicted molar refractivity (Wildman–Crippen MR) is 75.6 cm³/mol. The van der Waals surface area contributed by atoms with Gasteiger partial charge in [0.1, 0.15) is 24.1 Å².